The van der Waals surface area contributed by atoms with Gasteiger partial charge in [-0.1, -0.05) is 6.07 Å². The standard InChI is InChI=1S/C14H16N6OS/c1-21-8-4-12-18-14(22-19-12)17-9-11-3-2-5-16-13(11)20-7-6-15-10-20/h2-3,5-7,10H,4,8-9H2,1H3,(H,17,18,19). The van der Waals surface area contributed by atoms with Gasteiger partial charge < -0.3 is 10.1 Å². The minimum atomic E-state index is 0.625. The van der Waals surface area contributed by atoms with Crippen LogP contribution in [0.3, 0.4) is 0 Å². The van der Waals surface area contributed by atoms with E-state index in [1.54, 1.807) is 25.8 Å². The molecule has 3 rings (SSSR count). The number of rotatable bonds is 7. The van der Waals surface area contributed by atoms with Gasteiger partial charge in [0.05, 0.1) is 6.61 Å². The maximum absolute atomic E-state index is 5.03. The summed E-state index contributed by atoms with van der Waals surface area (Å²) in [5, 5.41) is 4.09. The summed E-state index contributed by atoms with van der Waals surface area (Å²) in [5.74, 6) is 1.66. The molecule has 0 saturated carbocycles. The van der Waals surface area contributed by atoms with Gasteiger partial charge in [-0.25, -0.2) is 15.0 Å². The minimum absolute atomic E-state index is 0.625. The van der Waals surface area contributed by atoms with Gasteiger partial charge in [-0.3, -0.25) is 4.57 Å². The Labute approximate surface area is 132 Å². The van der Waals surface area contributed by atoms with Gasteiger partial charge in [0.1, 0.15) is 18.0 Å². The number of pyridine rings is 1. The van der Waals surface area contributed by atoms with E-state index in [2.05, 4.69) is 24.6 Å². The first-order chi connectivity index (χ1) is 10.9. The third-order valence-corrected chi connectivity index (χ3v) is 3.76. The van der Waals surface area contributed by atoms with Crippen molar-refractivity contribution >= 4 is 16.7 Å². The number of aromatic nitrogens is 5. The lowest BCUT2D eigenvalue weighted by Crippen LogP contribution is -2.06. The fourth-order valence-corrected chi connectivity index (χ4v) is 2.58. The SMILES string of the molecule is COCCc1nsc(NCc2cccnc2-n2ccnc2)n1. The molecule has 0 aliphatic carbocycles. The van der Waals surface area contributed by atoms with E-state index >= 15 is 0 Å². The average Bonchev–Trinajstić information content (AvgIpc) is 3.23. The first kappa shape index (κ1) is 14.6. The molecule has 0 bridgehead atoms. The lowest BCUT2D eigenvalue weighted by Gasteiger charge is -2.08. The third-order valence-electron chi connectivity index (χ3n) is 3.04. The first-order valence-electron chi connectivity index (χ1n) is 6.84. The molecule has 3 aromatic rings. The summed E-state index contributed by atoms with van der Waals surface area (Å²) >= 11 is 1.36. The van der Waals surface area contributed by atoms with Gasteiger partial charge in [0.2, 0.25) is 5.13 Å². The van der Waals surface area contributed by atoms with Crippen LogP contribution in [0.1, 0.15) is 11.4 Å². The number of hydrogen-bond donors (Lipinski definition) is 1. The van der Waals surface area contributed by atoms with E-state index in [9.17, 15) is 0 Å². The van der Waals surface area contributed by atoms with E-state index < -0.39 is 0 Å². The van der Waals surface area contributed by atoms with Crippen LogP contribution in [0, 0.1) is 0 Å². The first-order valence-corrected chi connectivity index (χ1v) is 7.62. The van der Waals surface area contributed by atoms with E-state index in [0.29, 0.717) is 13.2 Å². The zero-order chi connectivity index (χ0) is 15.2. The maximum Gasteiger partial charge on any atom is 0.202 e. The van der Waals surface area contributed by atoms with Crippen LogP contribution in [-0.4, -0.2) is 37.6 Å². The molecule has 0 aliphatic heterocycles. The van der Waals surface area contributed by atoms with Crippen molar-refractivity contribution < 1.29 is 4.74 Å². The smallest absolute Gasteiger partial charge is 0.202 e. The van der Waals surface area contributed by atoms with Crippen molar-refractivity contribution in [3.05, 3.63) is 48.4 Å². The quantitative estimate of drug-likeness (QED) is 0.717. The summed E-state index contributed by atoms with van der Waals surface area (Å²) in [6.45, 7) is 1.25. The Kier molecular flexibility index (Phi) is 4.71. The number of hydrogen-bond acceptors (Lipinski definition) is 7. The summed E-state index contributed by atoms with van der Waals surface area (Å²) in [7, 11) is 1.67. The van der Waals surface area contributed by atoms with Crippen LogP contribution in [0.4, 0.5) is 5.13 Å². The Morgan fingerprint density at radius 1 is 1.36 bits per heavy atom. The molecule has 0 amide bonds. The molecule has 22 heavy (non-hydrogen) atoms. The van der Waals surface area contributed by atoms with Crippen LogP contribution in [0.15, 0.2) is 37.1 Å². The number of nitrogens with zero attached hydrogens (tertiary/aromatic N) is 5. The average molecular weight is 316 g/mol. The zero-order valence-electron chi connectivity index (χ0n) is 12.1. The number of ether oxygens (including phenoxy) is 1. The van der Waals surface area contributed by atoms with Gasteiger partial charge in [-0.05, 0) is 6.07 Å². The Morgan fingerprint density at radius 3 is 3.14 bits per heavy atom. The molecule has 3 aromatic heterocycles. The van der Waals surface area contributed by atoms with Gasteiger partial charge in [-0.2, -0.15) is 4.37 Å². The van der Waals surface area contributed by atoms with Gasteiger partial charge in [-0.15, -0.1) is 0 Å². The molecular weight excluding hydrogens is 300 g/mol. The van der Waals surface area contributed by atoms with E-state index in [1.165, 1.54) is 11.5 Å². The fraction of sp³-hybridized carbons (Fsp3) is 0.286. The summed E-state index contributed by atoms with van der Waals surface area (Å²) in [6.07, 6.45) is 7.84. The molecule has 7 nitrogen and oxygen atoms in total. The second-order valence-corrected chi connectivity index (χ2v) is 5.32. The Hall–Kier alpha value is -2.32. The molecule has 1 N–H and O–H groups in total. The Balaban J connectivity index is 1.68. The summed E-state index contributed by atoms with van der Waals surface area (Å²) in [5.41, 5.74) is 1.06. The van der Waals surface area contributed by atoms with Crippen molar-refractivity contribution in [1.29, 1.82) is 0 Å². The van der Waals surface area contributed by atoms with Crippen molar-refractivity contribution in [1.82, 2.24) is 23.9 Å². The van der Waals surface area contributed by atoms with Crippen LogP contribution in [0.25, 0.3) is 5.82 Å². The lowest BCUT2D eigenvalue weighted by atomic mass is 10.2. The molecule has 0 spiro atoms. The molecule has 3 heterocycles. The molecule has 0 unspecified atom stereocenters. The van der Waals surface area contributed by atoms with Crippen molar-refractivity contribution in [3.8, 4) is 5.82 Å². The Morgan fingerprint density at radius 2 is 2.32 bits per heavy atom. The highest BCUT2D eigenvalue weighted by Gasteiger charge is 2.07. The minimum Gasteiger partial charge on any atom is -0.384 e. The number of imidazole rings is 1. The predicted molar refractivity (Wildman–Crippen MR) is 84.2 cm³/mol. The molecule has 0 saturated heterocycles. The zero-order valence-corrected chi connectivity index (χ0v) is 13.0. The van der Waals surface area contributed by atoms with Gasteiger partial charge >= 0.3 is 0 Å². The van der Waals surface area contributed by atoms with Crippen LogP contribution in [0.5, 0.6) is 0 Å². The second-order valence-electron chi connectivity index (χ2n) is 4.57. The highest BCUT2D eigenvalue weighted by atomic mass is 32.1. The van der Waals surface area contributed by atoms with Gasteiger partial charge in [0, 0.05) is 55.8 Å². The van der Waals surface area contributed by atoms with E-state index in [4.69, 9.17) is 4.74 Å². The number of methoxy groups -OCH3 is 1. The van der Waals surface area contributed by atoms with E-state index in [0.717, 1.165) is 28.8 Å². The topological polar surface area (TPSA) is 77.8 Å². The predicted octanol–water partition coefficient (Wildman–Crippen LogP) is 1.92. The number of anilines is 1. The number of nitrogens with one attached hydrogen (secondary N) is 1. The molecule has 8 heteroatoms. The summed E-state index contributed by atoms with van der Waals surface area (Å²) in [4.78, 5) is 12.9. The fourth-order valence-electron chi connectivity index (χ4n) is 1.98. The van der Waals surface area contributed by atoms with Crippen LogP contribution >= 0.6 is 11.5 Å². The molecular formula is C14H16N6OS. The summed E-state index contributed by atoms with van der Waals surface area (Å²) < 4.78 is 11.2. The normalized spacial score (nSPS) is 10.8. The molecule has 0 fully saturated rings. The third kappa shape index (κ3) is 3.46. The highest BCUT2D eigenvalue weighted by molar-refractivity contribution is 7.09. The summed E-state index contributed by atoms with van der Waals surface area (Å²) in [6, 6.07) is 3.95. The maximum atomic E-state index is 5.03. The van der Waals surface area contributed by atoms with Crippen molar-refractivity contribution in [2.24, 2.45) is 0 Å². The van der Waals surface area contributed by atoms with E-state index in [1.807, 2.05) is 22.9 Å². The highest BCUT2D eigenvalue weighted by Crippen LogP contribution is 2.16. The van der Waals surface area contributed by atoms with Crippen molar-refractivity contribution in [2.75, 3.05) is 19.0 Å². The van der Waals surface area contributed by atoms with Crippen molar-refractivity contribution in [2.45, 2.75) is 13.0 Å². The molecule has 114 valence electrons. The lowest BCUT2D eigenvalue weighted by molar-refractivity contribution is 0.201. The molecule has 0 aliphatic rings. The Bertz CT molecular complexity index is 712. The largest absolute Gasteiger partial charge is 0.384 e. The van der Waals surface area contributed by atoms with Crippen LogP contribution < -0.4 is 5.32 Å². The van der Waals surface area contributed by atoms with Crippen molar-refractivity contribution in [3.63, 3.8) is 0 Å². The van der Waals surface area contributed by atoms with Crippen LogP contribution in [-0.2, 0) is 17.7 Å². The molecule has 0 radical (unpaired) electrons. The van der Waals surface area contributed by atoms with E-state index in [-0.39, 0.29) is 0 Å². The van der Waals surface area contributed by atoms with Gasteiger partial charge in [0.15, 0.2) is 0 Å². The van der Waals surface area contributed by atoms with Crippen LogP contribution in [0.2, 0.25) is 0 Å². The molecule has 0 atom stereocenters. The monoisotopic (exact) mass is 316 g/mol. The molecule has 0 aromatic carbocycles. The second kappa shape index (κ2) is 7.10. The van der Waals surface area contributed by atoms with Gasteiger partial charge in [0.25, 0.3) is 0 Å².